The van der Waals surface area contributed by atoms with Gasteiger partial charge in [0.1, 0.15) is 34.5 Å². The molecule has 2 aliphatic heterocycles. The summed E-state index contributed by atoms with van der Waals surface area (Å²) < 4.78 is 47.8. The summed E-state index contributed by atoms with van der Waals surface area (Å²) in [4.78, 5) is 37.2. The van der Waals surface area contributed by atoms with E-state index in [-0.39, 0.29) is 36.7 Å². The van der Waals surface area contributed by atoms with Gasteiger partial charge in [-0.2, -0.15) is 18.4 Å². The van der Waals surface area contributed by atoms with Crippen LogP contribution in [0.4, 0.5) is 19.0 Å². The fourth-order valence-electron chi connectivity index (χ4n) is 6.91. The van der Waals surface area contributed by atoms with E-state index in [1.807, 2.05) is 49.1 Å². The van der Waals surface area contributed by atoms with Crippen molar-refractivity contribution >= 4 is 22.8 Å². The van der Waals surface area contributed by atoms with E-state index in [0.29, 0.717) is 60.7 Å². The Balaban J connectivity index is 1.23. The third-order valence-corrected chi connectivity index (χ3v) is 9.37. The predicted molar refractivity (Wildman–Crippen MR) is 183 cm³/mol. The van der Waals surface area contributed by atoms with Crippen LogP contribution >= 0.6 is 0 Å². The number of nitriles is 1. The van der Waals surface area contributed by atoms with Crippen LogP contribution in [0.1, 0.15) is 32.7 Å². The lowest BCUT2D eigenvalue weighted by Crippen LogP contribution is -2.55. The number of alkyl halides is 3. The zero-order valence-electron chi connectivity index (χ0n) is 27.9. The molecule has 4 heterocycles. The summed E-state index contributed by atoms with van der Waals surface area (Å²) in [6.07, 6.45) is 0.104. The zero-order chi connectivity index (χ0) is 35.6. The third-order valence-electron chi connectivity index (χ3n) is 9.37. The smallest absolute Gasteiger partial charge is 0.401 e. The Hall–Kier alpha value is -5.13. The summed E-state index contributed by atoms with van der Waals surface area (Å²) in [5.41, 5.74) is 6.81. The van der Waals surface area contributed by atoms with Crippen molar-refractivity contribution in [3.8, 4) is 23.3 Å². The number of amides is 1. The second-order valence-electron chi connectivity index (χ2n) is 13.2. The highest BCUT2D eigenvalue weighted by atomic mass is 19.4. The first kappa shape index (κ1) is 34.7. The second-order valence-corrected chi connectivity index (χ2v) is 13.2. The molecule has 2 aliphatic rings. The van der Waals surface area contributed by atoms with Gasteiger partial charge in [-0.25, -0.2) is 9.78 Å². The average Bonchev–Trinajstić information content (AvgIpc) is 3.40. The Morgan fingerprint density at radius 2 is 1.70 bits per heavy atom. The van der Waals surface area contributed by atoms with E-state index in [0.717, 1.165) is 0 Å². The highest BCUT2D eigenvalue weighted by Crippen LogP contribution is 2.31. The van der Waals surface area contributed by atoms with Crippen molar-refractivity contribution < 1.29 is 22.7 Å². The summed E-state index contributed by atoms with van der Waals surface area (Å²) >= 11 is 0. The van der Waals surface area contributed by atoms with Gasteiger partial charge in [0.2, 0.25) is 0 Å². The van der Waals surface area contributed by atoms with Crippen LogP contribution in [0.2, 0.25) is 0 Å². The van der Waals surface area contributed by atoms with Crippen LogP contribution in [0, 0.1) is 11.3 Å². The number of nitrogen functional groups attached to an aromatic ring is 1. The number of carbonyl (C=O) groups excluding carboxylic acids is 1. The third kappa shape index (κ3) is 7.39. The number of likely N-dealkylation sites (tertiary alicyclic amines) is 1. The molecular weight excluding hydrogens is 649 g/mol. The van der Waals surface area contributed by atoms with Crippen LogP contribution < -0.4 is 16.2 Å². The van der Waals surface area contributed by atoms with E-state index in [1.165, 1.54) is 9.47 Å². The molecule has 50 heavy (non-hydrogen) atoms. The quantitative estimate of drug-likeness (QED) is 0.200. The van der Waals surface area contributed by atoms with E-state index < -0.39 is 30.2 Å². The fourth-order valence-corrected chi connectivity index (χ4v) is 6.91. The van der Waals surface area contributed by atoms with Crippen LogP contribution in [0.25, 0.3) is 16.7 Å². The molecule has 0 bridgehead atoms. The van der Waals surface area contributed by atoms with E-state index in [4.69, 9.17) is 10.5 Å². The Morgan fingerprint density at radius 3 is 2.36 bits per heavy atom. The number of nitrogens with two attached hydrogens (primary N) is 1. The van der Waals surface area contributed by atoms with Crippen molar-refractivity contribution in [1.82, 2.24) is 28.8 Å². The lowest BCUT2D eigenvalue weighted by Gasteiger charge is -2.43. The maximum Gasteiger partial charge on any atom is 0.401 e. The second kappa shape index (κ2) is 14.0. The van der Waals surface area contributed by atoms with Gasteiger partial charge in [-0.1, -0.05) is 18.2 Å². The van der Waals surface area contributed by atoms with E-state index >= 15 is 0 Å². The Bertz CT molecular complexity index is 1970. The van der Waals surface area contributed by atoms with Crippen molar-refractivity contribution in [3.05, 3.63) is 89.0 Å². The molecule has 2 N–H and O–H groups in total. The molecule has 2 aromatic carbocycles. The summed E-state index contributed by atoms with van der Waals surface area (Å²) in [6, 6.07) is 19.8. The average molecular weight is 689 g/mol. The number of imidazole rings is 1. The Morgan fingerprint density at radius 1 is 1.02 bits per heavy atom. The van der Waals surface area contributed by atoms with Crippen molar-refractivity contribution in [2.24, 2.45) is 0 Å². The lowest BCUT2D eigenvalue weighted by molar-refractivity contribution is -0.150. The maximum absolute atomic E-state index is 14.2. The number of carbonyl (C=O) groups is 1. The molecule has 4 aromatic rings. The normalized spacial score (nSPS) is 18.3. The zero-order valence-corrected chi connectivity index (χ0v) is 27.9. The minimum absolute atomic E-state index is 0.0468. The molecule has 2 saturated heterocycles. The number of hydrogen-bond acceptors (Lipinski definition) is 8. The van der Waals surface area contributed by atoms with E-state index in [2.05, 4.69) is 11.1 Å². The number of fused-ring (bicyclic) bond motifs is 1. The Labute approximate surface area is 287 Å². The molecule has 0 unspecified atom stereocenters. The molecule has 1 amide bonds. The van der Waals surface area contributed by atoms with Crippen LogP contribution in [-0.2, 0) is 4.79 Å². The summed E-state index contributed by atoms with van der Waals surface area (Å²) in [5.74, 6) is 1.01. The van der Waals surface area contributed by atoms with Gasteiger partial charge in [-0.15, -0.1) is 0 Å². The number of halogens is 3. The standard InChI is InChI=1S/C36H39F3N8O3/c1-35(2,45-19-17-43(18-20-45)24-36(37,38)39)21-25(22-40)33(48)44-16-6-7-27(23-44)46-30-14-15-42-32(41)31(30)47(34(46)49)26-10-12-29(13-11-26)50-28-8-4-3-5-9-28/h3-5,8-15,21,27H,6-7,16-20,23-24H2,1-2H3,(H2,41,42)/t27-/m1/s1. The predicted octanol–water partition coefficient (Wildman–Crippen LogP) is 5.13. The molecule has 262 valence electrons. The molecular formula is C36H39F3N8O3. The first-order chi connectivity index (χ1) is 23.8. The van der Waals surface area contributed by atoms with Gasteiger partial charge in [-0.3, -0.25) is 23.7 Å². The monoisotopic (exact) mass is 688 g/mol. The topological polar surface area (TPSA) is 126 Å². The van der Waals surface area contributed by atoms with Crippen LogP contribution in [0.3, 0.4) is 0 Å². The largest absolute Gasteiger partial charge is 0.457 e. The number of piperidine rings is 1. The van der Waals surface area contributed by atoms with Crippen LogP contribution in [-0.4, -0.2) is 92.3 Å². The number of hydrogen-bond donors (Lipinski definition) is 1. The number of para-hydroxylation sites is 1. The molecule has 11 nitrogen and oxygen atoms in total. The first-order valence-electron chi connectivity index (χ1n) is 16.5. The van der Waals surface area contributed by atoms with Gasteiger partial charge < -0.3 is 15.4 Å². The minimum atomic E-state index is -4.27. The molecule has 1 atom stereocenters. The number of ether oxygens (including phenoxy) is 1. The SMILES string of the molecule is CC(C)(C=C(C#N)C(=O)N1CCC[C@@H](n2c(=O)n(-c3ccc(Oc4ccccc4)cc3)c3c(N)nccc32)C1)N1CCN(CC(F)(F)F)CC1. The number of piperazine rings is 1. The summed E-state index contributed by atoms with van der Waals surface area (Å²) in [6.45, 7) is 4.54. The highest BCUT2D eigenvalue weighted by molar-refractivity contribution is 5.97. The van der Waals surface area contributed by atoms with Gasteiger partial charge in [0.05, 0.1) is 23.8 Å². The van der Waals surface area contributed by atoms with E-state index in [9.17, 15) is 28.0 Å². The number of rotatable bonds is 8. The number of aromatic nitrogens is 3. The summed E-state index contributed by atoms with van der Waals surface area (Å²) in [5, 5.41) is 10.1. The number of benzene rings is 2. The molecule has 2 aromatic heterocycles. The number of anilines is 1. The van der Waals surface area contributed by atoms with Crippen molar-refractivity contribution in [2.75, 3.05) is 51.5 Å². The van der Waals surface area contributed by atoms with Gasteiger partial charge in [0.15, 0.2) is 0 Å². The van der Waals surface area contributed by atoms with Crippen molar-refractivity contribution in [2.45, 2.75) is 44.4 Å². The van der Waals surface area contributed by atoms with Gasteiger partial charge >= 0.3 is 11.9 Å². The molecule has 0 spiro atoms. The summed E-state index contributed by atoms with van der Waals surface area (Å²) in [7, 11) is 0. The number of nitrogens with zero attached hydrogens (tertiary/aromatic N) is 7. The Kier molecular flexibility index (Phi) is 9.73. The molecule has 2 fully saturated rings. The van der Waals surface area contributed by atoms with Gasteiger partial charge in [0, 0.05) is 51.0 Å². The molecule has 0 saturated carbocycles. The number of pyridine rings is 1. The van der Waals surface area contributed by atoms with Crippen molar-refractivity contribution in [3.63, 3.8) is 0 Å². The molecule has 0 radical (unpaired) electrons. The highest BCUT2D eigenvalue weighted by Gasteiger charge is 2.36. The molecule has 0 aliphatic carbocycles. The van der Waals surface area contributed by atoms with Gasteiger partial charge in [0.25, 0.3) is 5.91 Å². The fraction of sp³-hybridized carbons (Fsp3) is 0.389. The minimum Gasteiger partial charge on any atom is -0.457 e. The molecule has 14 heteroatoms. The van der Waals surface area contributed by atoms with Crippen LogP contribution in [0.15, 0.2) is 83.3 Å². The van der Waals surface area contributed by atoms with Gasteiger partial charge in [-0.05, 0) is 75.2 Å². The van der Waals surface area contributed by atoms with Crippen LogP contribution in [0.5, 0.6) is 11.5 Å². The maximum atomic E-state index is 14.2. The lowest BCUT2D eigenvalue weighted by atomic mass is 9.96. The first-order valence-corrected chi connectivity index (χ1v) is 16.5. The van der Waals surface area contributed by atoms with E-state index in [1.54, 1.807) is 52.1 Å². The molecule has 6 rings (SSSR count). The van der Waals surface area contributed by atoms with Crippen molar-refractivity contribution in [1.29, 1.82) is 5.26 Å².